The van der Waals surface area contributed by atoms with Crippen molar-refractivity contribution in [2.45, 2.75) is 12.8 Å². The first-order valence-electron chi connectivity index (χ1n) is 7.88. The number of nitrogens with one attached hydrogen (secondary N) is 1. The van der Waals surface area contributed by atoms with Crippen molar-refractivity contribution in [3.05, 3.63) is 53.9 Å². The molecule has 1 saturated heterocycles. The summed E-state index contributed by atoms with van der Waals surface area (Å²) < 4.78 is 4.74. The van der Waals surface area contributed by atoms with Crippen molar-refractivity contribution in [2.24, 2.45) is 0 Å². The van der Waals surface area contributed by atoms with Gasteiger partial charge in [0.15, 0.2) is 0 Å². The molecule has 0 spiro atoms. The SMILES string of the molecule is COC(=O)c1ccccc1NC(=O)c1cncc(N2CCCC2)c1. The Balaban J connectivity index is 1.81. The van der Waals surface area contributed by atoms with Crippen LogP contribution in [0.4, 0.5) is 11.4 Å². The number of amides is 1. The molecule has 1 aromatic carbocycles. The van der Waals surface area contributed by atoms with Crippen molar-refractivity contribution < 1.29 is 14.3 Å². The van der Waals surface area contributed by atoms with Gasteiger partial charge in [0.1, 0.15) is 0 Å². The third kappa shape index (κ3) is 3.37. The second-order valence-corrected chi connectivity index (χ2v) is 5.62. The summed E-state index contributed by atoms with van der Waals surface area (Å²) in [7, 11) is 1.31. The van der Waals surface area contributed by atoms with Gasteiger partial charge in [-0.15, -0.1) is 0 Å². The van der Waals surface area contributed by atoms with Crippen molar-refractivity contribution in [1.29, 1.82) is 0 Å². The molecule has 6 nitrogen and oxygen atoms in total. The monoisotopic (exact) mass is 325 g/mol. The minimum Gasteiger partial charge on any atom is -0.465 e. The van der Waals surface area contributed by atoms with E-state index in [1.165, 1.54) is 13.3 Å². The zero-order valence-electron chi connectivity index (χ0n) is 13.5. The maximum absolute atomic E-state index is 12.5. The Morgan fingerprint density at radius 2 is 1.92 bits per heavy atom. The number of hydrogen-bond donors (Lipinski definition) is 1. The first-order valence-corrected chi connectivity index (χ1v) is 7.88. The molecule has 0 unspecified atom stereocenters. The summed E-state index contributed by atoms with van der Waals surface area (Å²) in [4.78, 5) is 30.7. The first-order chi connectivity index (χ1) is 11.7. The summed E-state index contributed by atoms with van der Waals surface area (Å²) in [5.74, 6) is -0.797. The average molecular weight is 325 g/mol. The van der Waals surface area contributed by atoms with Crippen LogP contribution in [0, 0.1) is 0 Å². The Labute approximate surface area is 140 Å². The maximum atomic E-state index is 12.5. The van der Waals surface area contributed by atoms with Crippen LogP contribution in [0.5, 0.6) is 0 Å². The predicted octanol–water partition coefficient (Wildman–Crippen LogP) is 2.72. The van der Waals surface area contributed by atoms with E-state index in [9.17, 15) is 9.59 Å². The molecule has 6 heteroatoms. The maximum Gasteiger partial charge on any atom is 0.339 e. The summed E-state index contributed by atoms with van der Waals surface area (Å²) in [5, 5.41) is 2.76. The Morgan fingerprint density at radius 3 is 2.67 bits per heavy atom. The highest BCUT2D eigenvalue weighted by molar-refractivity contribution is 6.08. The van der Waals surface area contributed by atoms with Gasteiger partial charge in [-0.05, 0) is 31.0 Å². The molecule has 1 N–H and O–H groups in total. The van der Waals surface area contributed by atoms with E-state index in [0.717, 1.165) is 31.6 Å². The number of pyridine rings is 1. The van der Waals surface area contributed by atoms with Gasteiger partial charge >= 0.3 is 5.97 Å². The highest BCUT2D eigenvalue weighted by Gasteiger charge is 2.17. The van der Waals surface area contributed by atoms with E-state index in [2.05, 4.69) is 15.2 Å². The second kappa shape index (κ2) is 7.12. The van der Waals surface area contributed by atoms with E-state index in [1.807, 2.05) is 6.07 Å². The summed E-state index contributed by atoms with van der Waals surface area (Å²) in [6, 6.07) is 8.58. The van der Waals surface area contributed by atoms with E-state index in [0.29, 0.717) is 16.8 Å². The standard InChI is InChI=1S/C18H19N3O3/c1-24-18(23)15-6-2-3-7-16(15)20-17(22)13-10-14(12-19-11-13)21-8-4-5-9-21/h2-3,6-7,10-12H,4-5,8-9H2,1H3,(H,20,22). The number of esters is 1. The van der Waals surface area contributed by atoms with Gasteiger partial charge in [-0.25, -0.2) is 4.79 Å². The molecular formula is C18H19N3O3. The summed E-state index contributed by atoms with van der Waals surface area (Å²) >= 11 is 0. The zero-order chi connectivity index (χ0) is 16.9. The Morgan fingerprint density at radius 1 is 1.17 bits per heavy atom. The lowest BCUT2D eigenvalue weighted by Gasteiger charge is -2.17. The minimum absolute atomic E-state index is 0.306. The van der Waals surface area contributed by atoms with Crippen LogP contribution in [-0.2, 0) is 4.74 Å². The lowest BCUT2D eigenvalue weighted by Crippen LogP contribution is -2.20. The van der Waals surface area contributed by atoms with Gasteiger partial charge in [0, 0.05) is 19.3 Å². The predicted molar refractivity (Wildman–Crippen MR) is 91.4 cm³/mol. The highest BCUT2D eigenvalue weighted by Crippen LogP contribution is 2.21. The molecule has 1 aliphatic heterocycles. The van der Waals surface area contributed by atoms with Gasteiger partial charge in [0.05, 0.1) is 35.8 Å². The van der Waals surface area contributed by atoms with E-state index in [1.54, 1.807) is 30.5 Å². The van der Waals surface area contributed by atoms with Crippen molar-refractivity contribution >= 4 is 23.3 Å². The van der Waals surface area contributed by atoms with Gasteiger partial charge in [-0.1, -0.05) is 12.1 Å². The summed E-state index contributed by atoms with van der Waals surface area (Å²) in [6.45, 7) is 1.97. The van der Waals surface area contributed by atoms with Crippen LogP contribution in [0.15, 0.2) is 42.7 Å². The number of carbonyl (C=O) groups is 2. The topological polar surface area (TPSA) is 71.5 Å². The van der Waals surface area contributed by atoms with Crippen LogP contribution < -0.4 is 10.2 Å². The Hall–Kier alpha value is -2.89. The fourth-order valence-corrected chi connectivity index (χ4v) is 2.77. The van der Waals surface area contributed by atoms with Crippen molar-refractivity contribution in [2.75, 3.05) is 30.4 Å². The van der Waals surface area contributed by atoms with Crippen molar-refractivity contribution in [1.82, 2.24) is 4.98 Å². The van der Waals surface area contributed by atoms with Gasteiger partial charge in [-0.2, -0.15) is 0 Å². The molecule has 2 heterocycles. The molecule has 1 aliphatic rings. The number of hydrogen-bond acceptors (Lipinski definition) is 5. The largest absolute Gasteiger partial charge is 0.465 e. The Bertz CT molecular complexity index is 755. The van der Waals surface area contributed by atoms with E-state index in [-0.39, 0.29) is 5.91 Å². The molecule has 1 aromatic heterocycles. The molecule has 0 radical (unpaired) electrons. The molecule has 1 fully saturated rings. The number of benzene rings is 1. The number of carbonyl (C=O) groups excluding carboxylic acids is 2. The van der Waals surface area contributed by atoms with Crippen LogP contribution in [0.3, 0.4) is 0 Å². The number of anilines is 2. The van der Waals surface area contributed by atoms with E-state index in [4.69, 9.17) is 4.74 Å². The molecule has 0 bridgehead atoms. The fraction of sp³-hybridized carbons (Fsp3) is 0.278. The van der Waals surface area contributed by atoms with E-state index < -0.39 is 5.97 Å². The number of nitrogens with zero attached hydrogens (tertiary/aromatic N) is 2. The molecule has 2 aromatic rings. The van der Waals surface area contributed by atoms with Crippen LogP contribution in [0.2, 0.25) is 0 Å². The second-order valence-electron chi connectivity index (χ2n) is 5.62. The summed E-state index contributed by atoms with van der Waals surface area (Å²) in [5.41, 5.74) is 2.14. The zero-order valence-corrected chi connectivity index (χ0v) is 13.5. The third-order valence-electron chi connectivity index (χ3n) is 4.04. The molecule has 124 valence electrons. The number of methoxy groups -OCH3 is 1. The van der Waals surface area contributed by atoms with Gasteiger partial charge in [-0.3, -0.25) is 9.78 Å². The molecule has 24 heavy (non-hydrogen) atoms. The van der Waals surface area contributed by atoms with E-state index >= 15 is 0 Å². The normalized spacial score (nSPS) is 13.6. The quantitative estimate of drug-likeness (QED) is 0.875. The molecule has 0 aliphatic carbocycles. The molecule has 0 atom stereocenters. The number of ether oxygens (including phenoxy) is 1. The molecule has 1 amide bonds. The van der Waals surface area contributed by atoms with Crippen LogP contribution in [-0.4, -0.2) is 37.1 Å². The molecule has 0 saturated carbocycles. The smallest absolute Gasteiger partial charge is 0.339 e. The van der Waals surface area contributed by atoms with Crippen LogP contribution in [0.1, 0.15) is 33.6 Å². The number of rotatable bonds is 4. The van der Waals surface area contributed by atoms with Gasteiger partial charge in [0.25, 0.3) is 5.91 Å². The van der Waals surface area contributed by atoms with Gasteiger partial charge in [0.2, 0.25) is 0 Å². The minimum atomic E-state index is -0.491. The van der Waals surface area contributed by atoms with Crippen LogP contribution >= 0.6 is 0 Å². The van der Waals surface area contributed by atoms with Crippen molar-refractivity contribution in [3.63, 3.8) is 0 Å². The first kappa shape index (κ1) is 16.0. The molecule has 3 rings (SSSR count). The third-order valence-corrected chi connectivity index (χ3v) is 4.04. The average Bonchev–Trinajstić information content (AvgIpc) is 3.16. The summed E-state index contributed by atoms with van der Waals surface area (Å²) in [6.07, 6.45) is 5.60. The van der Waals surface area contributed by atoms with Crippen LogP contribution in [0.25, 0.3) is 0 Å². The highest BCUT2D eigenvalue weighted by atomic mass is 16.5. The molecular weight excluding hydrogens is 306 g/mol. The lowest BCUT2D eigenvalue weighted by molar-refractivity contribution is 0.0602. The van der Waals surface area contributed by atoms with Crippen molar-refractivity contribution in [3.8, 4) is 0 Å². The lowest BCUT2D eigenvalue weighted by atomic mass is 10.1. The number of aromatic nitrogens is 1. The number of para-hydroxylation sites is 1. The fourth-order valence-electron chi connectivity index (χ4n) is 2.77. The Kier molecular flexibility index (Phi) is 4.74. The van der Waals surface area contributed by atoms with Gasteiger partial charge < -0.3 is 15.0 Å².